The van der Waals surface area contributed by atoms with Gasteiger partial charge in [0, 0.05) is 12.3 Å². The van der Waals surface area contributed by atoms with Gasteiger partial charge in [-0.3, -0.25) is 5.43 Å². The van der Waals surface area contributed by atoms with Gasteiger partial charge in [-0.15, -0.1) is 0 Å². The Kier molecular flexibility index (Phi) is 5.14. The number of ether oxygens (including phenoxy) is 2. The molecule has 6 heteroatoms. The van der Waals surface area contributed by atoms with E-state index >= 15 is 0 Å². The fourth-order valence-corrected chi connectivity index (χ4v) is 1.88. The normalized spacial score (nSPS) is 18.9. The first kappa shape index (κ1) is 13.8. The van der Waals surface area contributed by atoms with Crippen LogP contribution < -0.4 is 16.6 Å². The Labute approximate surface area is 112 Å². The van der Waals surface area contributed by atoms with Crippen molar-refractivity contribution in [1.29, 1.82) is 0 Å². The van der Waals surface area contributed by atoms with Crippen molar-refractivity contribution in [2.75, 3.05) is 11.9 Å². The van der Waals surface area contributed by atoms with Crippen molar-refractivity contribution in [3.05, 3.63) is 29.8 Å². The number of hydrogen-bond donors (Lipinski definition) is 3. The largest absolute Gasteiger partial charge is 0.353 e. The lowest BCUT2D eigenvalue weighted by molar-refractivity contribution is -0.168. The molecule has 1 aliphatic rings. The van der Waals surface area contributed by atoms with Crippen LogP contribution in [0.3, 0.4) is 0 Å². The van der Waals surface area contributed by atoms with Gasteiger partial charge < -0.3 is 14.8 Å². The van der Waals surface area contributed by atoms with Crippen molar-refractivity contribution in [2.45, 2.75) is 32.2 Å². The van der Waals surface area contributed by atoms with E-state index in [4.69, 9.17) is 15.3 Å². The highest BCUT2D eigenvalue weighted by Crippen LogP contribution is 2.16. The summed E-state index contributed by atoms with van der Waals surface area (Å²) in [6.45, 7) is 1.29. The first-order valence-corrected chi connectivity index (χ1v) is 6.37. The molecule has 1 aliphatic heterocycles. The lowest BCUT2D eigenvalue weighted by Crippen LogP contribution is -2.34. The molecular formula is C13H19N3O3. The summed E-state index contributed by atoms with van der Waals surface area (Å²) in [7, 11) is 0. The number of carbonyl (C=O) groups is 1. The molecule has 0 spiro atoms. The summed E-state index contributed by atoms with van der Waals surface area (Å²) >= 11 is 0. The van der Waals surface area contributed by atoms with Crippen LogP contribution in [-0.2, 0) is 16.1 Å². The van der Waals surface area contributed by atoms with Crippen molar-refractivity contribution >= 4 is 11.7 Å². The number of carbonyl (C=O) groups excluding carboxylic acids is 1. The first-order chi connectivity index (χ1) is 9.28. The van der Waals surface area contributed by atoms with Crippen LogP contribution in [-0.4, -0.2) is 18.9 Å². The predicted octanol–water partition coefficient (Wildman–Crippen LogP) is 1.72. The highest BCUT2D eigenvalue weighted by atomic mass is 16.7. The number of anilines is 1. The van der Waals surface area contributed by atoms with Crippen LogP contribution in [0.1, 0.15) is 24.8 Å². The third-order valence-electron chi connectivity index (χ3n) is 2.92. The Morgan fingerprint density at radius 1 is 1.37 bits per heavy atom. The molecule has 0 bridgehead atoms. The monoisotopic (exact) mass is 265 g/mol. The van der Waals surface area contributed by atoms with Gasteiger partial charge >= 0.3 is 6.03 Å². The third-order valence-corrected chi connectivity index (χ3v) is 2.92. The maximum absolute atomic E-state index is 11.0. The SMILES string of the molecule is NNC(=O)Nc1ccc(COC2CCCCO2)cc1. The van der Waals surface area contributed by atoms with Crippen molar-refractivity contribution in [3.8, 4) is 0 Å². The number of hydrogen-bond acceptors (Lipinski definition) is 4. The van der Waals surface area contributed by atoms with E-state index in [1.807, 2.05) is 17.6 Å². The number of nitrogens with two attached hydrogens (primary N) is 1. The Balaban J connectivity index is 1.79. The van der Waals surface area contributed by atoms with E-state index in [0.717, 1.165) is 31.4 Å². The Bertz CT molecular complexity index is 402. The fraction of sp³-hybridized carbons (Fsp3) is 0.462. The van der Waals surface area contributed by atoms with Crippen LogP contribution in [0.5, 0.6) is 0 Å². The molecule has 19 heavy (non-hydrogen) atoms. The predicted molar refractivity (Wildman–Crippen MR) is 71.2 cm³/mol. The minimum atomic E-state index is -0.445. The quantitative estimate of drug-likeness (QED) is 0.439. The van der Waals surface area contributed by atoms with Crippen LogP contribution >= 0.6 is 0 Å². The molecule has 2 rings (SSSR count). The molecular weight excluding hydrogens is 246 g/mol. The van der Waals surface area contributed by atoms with Crippen molar-refractivity contribution in [1.82, 2.24) is 5.43 Å². The zero-order chi connectivity index (χ0) is 13.5. The minimum Gasteiger partial charge on any atom is -0.353 e. The summed E-state index contributed by atoms with van der Waals surface area (Å²) < 4.78 is 11.2. The second kappa shape index (κ2) is 7.08. The van der Waals surface area contributed by atoms with Crippen LogP contribution in [0.25, 0.3) is 0 Å². The van der Waals surface area contributed by atoms with E-state index < -0.39 is 6.03 Å². The smallest absolute Gasteiger partial charge is 0.333 e. The van der Waals surface area contributed by atoms with Crippen LogP contribution in [0.15, 0.2) is 24.3 Å². The van der Waals surface area contributed by atoms with E-state index in [-0.39, 0.29) is 6.29 Å². The molecule has 0 saturated carbocycles. The molecule has 1 saturated heterocycles. The Morgan fingerprint density at radius 3 is 2.79 bits per heavy atom. The maximum Gasteiger partial charge on any atom is 0.333 e. The first-order valence-electron chi connectivity index (χ1n) is 6.37. The van der Waals surface area contributed by atoms with E-state index in [1.54, 1.807) is 12.1 Å². The van der Waals surface area contributed by atoms with Gasteiger partial charge in [-0.25, -0.2) is 10.6 Å². The fourth-order valence-electron chi connectivity index (χ4n) is 1.88. The van der Waals surface area contributed by atoms with Gasteiger partial charge in [0.15, 0.2) is 6.29 Å². The van der Waals surface area contributed by atoms with Gasteiger partial charge in [0.1, 0.15) is 0 Å². The van der Waals surface area contributed by atoms with Crippen LogP contribution in [0, 0.1) is 0 Å². The third kappa shape index (κ3) is 4.51. The molecule has 1 heterocycles. The van der Waals surface area contributed by atoms with Crippen molar-refractivity contribution in [3.63, 3.8) is 0 Å². The van der Waals surface area contributed by atoms with Crippen molar-refractivity contribution in [2.24, 2.45) is 5.84 Å². The summed E-state index contributed by atoms with van der Waals surface area (Å²) in [4.78, 5) is 11.0. The molecule has 104 valence electrons. The Morgan fingerprint density at radius 2 is 2.16 bits per heavy atom. The number of nitrogens with one attached hydrogen (secondary N) is 2. The van der Waals surface area contributed by atoms with E-state index in [0.29, 0.717) is 12.3 Å². The zero-order valence-corrected chi connectivity index (χ0v) is 10.7. The highest BCUT2D eigenvalue weighted by molar-refractivity contribution is 5.88. The standard InChI is InChI=1S/C13H19N3O3/c14-16-13(17)15-11-6-4-10(5-7-11)9-19-12-3-1-2-8-18-12/h4-7,12H,1-3,8-9,14H2,(H2,15,16,17). The van der Waals surface area contributed by atoms with Crippen LogP contribution in [0.4, 0.5) is 10.5 Å². The maximum atomic E-state index is 11.0. The molecule has 0 aromatic heterocycles. The molecule has 0 aliphatic carbocycles. The second-order valence-corrected chi connectivity index (χ2v) is 4.40. The van der Waals surface area contributed by atoms with E-state index in [1.165, 1.54) is 0 Å². The minimum absolute atomic E-state index is 0.0884. The lowest BCUT2D eigenvalue weighted by Gasteiger charge is -2.22. The number of rotatable bonds is 4. The zero-order valence-electron chi connectivity index (χ0n) is 10.7. The number of benzene rings is 1. The summed E-state index contributed by atoms with van der Waals surface area (Å²) in [5.41, 5.74) is 3.72. The summed E-state index contributed by atoms with van der Waals surface area (Å²) in [5, 5.41) is 2.58. The Hall–Kier alpha value is -1.63. The molecule has 1 fully saturated rings. The van der Waals surface area contributed by atoms with Crippen LogP contribution in [0.2, 0.25) is 0 Å². The molecule has 1 atom stereocenters. The van der Waals surface area contributed by atoms with E-state index in [9.17, 15) is 4.79 Å². The number of urea groups is 1. The lowest BCUT2D eigenvalue weighted by atomic mass is 10.2. The van der Waals surface area contributed by atoms with E-state index in [2.05, 4.69) is 5.32 Å². The summed E-state index contributed by atoms with van der Waals surface area (Å²) in [5.74, 6) is 4.98. The topological polar surface area (TPSA) is 85.6 Å². The molecule has 2 amide bonds. The molecule has 1 aromatic rings. The van der Waals surface area contributed by atoms with Gasteiger partial charge in [0.25, 0.3) is 0 Å². The highest BCUT2D eigenvalue weighted by Gasteiger charge is 2.13. The number of amides is 2. The number of hydrazine groups is 1. The summed E-state index contributed by atoms with van der Waals surface area (Å²) in [6.07, 6.45) is 3.14. The van der Waals surface area contributed by atoms with Gasteiger partial charge in [-0.1, -0.05) is 12.1 Å². The van der Waals surface area contributed by atoms with Gasteiger partial charge in [0.05, 0.1) is 6.61 Å². The molecule has 4 N–H and O–H groups in total. The van der Waals surface area contributed by atoms with Gasteiger partial charge in [-0.05, 0) is 37.0 Å². The molecule has 1 aromatic carbocycles. The second-order valence-electron chi connectivity index (χ2n) is 4.40. The molecule has 6 nitrogen and oxygen atoms in total. The average Bonchev–Trinajstić information content (AvgIpc) is 2.47. The molecule has 0 radical (unpaired) electrons. The average molecular weight is 265 g/mol. The van der Waals surface area contributed by atoms with Crippen molar-refractivity contribution < 1.29 is 14.3 Å². The summed E-state index contributed by atoms with van der Waals surface area (Å²) in [6, 6.07) is 6.95. The van der Waals surface area contributed by atoms with Gasteiger partial charge in [0.2, 0.25) is 0 Å². The molecule has 1 unspecified atom stereocenters. The van der Waals surface area contributed by atoms with Gasteiger partial charge in [-0.2, -0.15) is 0 Å².